The second kappa shape index (κ2) is 7.16. The summed E-state index contributed by atoms with van der Waals surface area (Å²) < 4.78 is 4.68. The second-order valence-electron chi connectivity index (χ2n) is 7.68. The molecule has 3 aromatic carbocycles. The third-order valence-corrected chi connectivity index (χ3v) is 5.80. The van der Waals surface area contributed by atoms with Crippen molar-refractivity contribution in [1.82, 2.24) is 15.1 Å². The Kier molecular flexibility index (Phi) is 4.12. The van der Waals surface area contributed by atoms with Gasteiger partial charge in [0.05, 0.1) is 15.8 Å². The van der Waals surface area contributed by atoms with E-state index < -0.39 is 0 Å². The highest BCUT2D eigenvalue weighted by Gasteiger charge is 2.39. The zero-order valence-corrected chi connectivity index (χ0v) is 17.1. The Balaban J connectivity index is 1.42. The van der Waals surface area contributed by atoms with Crippen LogP contribution >= 0.6 is 0 Å². The van der Waals surface area contributed by atoms with Crippen molar-refractivity contribution in [3.63, 3.8) is 0 Å². The van der Waals surface area contributed by atoms with Gasteiger partial charge in [0.1, 0.15) is 5.69 Å². The Morgan fingerprint density at radius 2 is 1.70 bits per heavy atom. The van der Waals surface area contributed by atoms with Gasteiger partial charge < -0.3 is 15.7 Å². The van der Waals surface area contributed by atoms with Gasteiger partial charge >= 0.3 is 11.4 Å². The summed E-state index contributed by atoms with van der Waals surface area (Å²) in [6, 6.07) is 20.1. The summed E-state index contributed by atoms with van der Waals surface area (Å²) in [5.41, 5.74) is 2.44. The fraction of sp³-hybridized carbons (Fsp3) is 0.0870. The van der Waals surface area contributed by atoms with Gasteiger partial charge in [-0.1, -0.05) is 48.5 Å². The number of carbonyl (C=O) groups is 1. The highest BCUT2D eigenvalue weighted by atomic mass is 16.8. The first kappa shape index (κ1) is 19.0. The van der Waals surface area contributed by atoms with E-state index in [1.54, 1.807) is 24.3 Å². The van der Waals surface area contributed by atoms with Gasteiger partial charge in [0.15, 0.2) is 5.69 Å². The number of aromatic nitrogens is 5. The van der Waals surface area contributed by atoms with E-state index in [0.717, 1.165) is 15.6 Å². The summed E-state index contributed by atoms with van der Waals surface area (Å²) in [4.78, 5) is 15.3. The molecule has 1 N–H and O–H groups in total. The zero-order chi connectivity index (χ0) is 22.5. The lowest BCUT2D eigenvalue weighted by Crippen LogP contribution is -2.42. The maximum Gasteiger partial charge on any atom is 0.303 e. The minimum absolute atomic E-state index is 0.243. The summed E-state index contributed by atoms with van der Waals surface area (Å²) >= 11 is 0. The van der Waals surface area contributed by atoms with E-state index in [0.29, 0.717) is 45.4 Å². The summed E-state index contributed by atoms with van der Waals surface area (Å²) in [5, 5.41) is 37.8. The largest absolute Gasteiger partial charge is 0.692 e. The van der Waals surface area contributed by atoms with E-state index in [4.69, 9.17) is 0 Å². The first-order valence-corrected chi connectivity index (χ1v) is 10.3. The molecule has 0 saturated carbocycles. The zero-order valence-electron chi connectivity index (χ0n) is 17.1. The third-order valence-electron chi connectivity index (χ3n) is 5.80. The van der Waals surface area contributed by atoms with Crippen molar-refractivity contribution in [2.45, 2.75) is 12.8 Å². The molecule has 0 bridgehead atoms. The smallest absolute Gasteiger partial charge is 0.303 e. The average Bonchev–Trinajstić information content (AvgIpc) is 3.39. The summed E-state index contributed by atoms with van der Waals surface area (Å²) in [5.74, 6) is -0.380. The maximum atomic E-state index is 13.3. The van der Waals surface area contributed by atoms with E-state index >= 15 is 0 Å². The lowest BCUT2D eigenvalue weighted by molar-refractivity contribution is -0.808. The van der Waals surface area contributed by atoms with Crippen LogP contribution in [-0.2, 0) is 12.8 Å². The van der Waals surface area contributed by atoms with Crippen LogP contribution in [-0.4, -0.2) is 21.0 Å². The van der Waals surface area contributed by atoms with Gasteiger partial charge in [0, 0.05) is 23.9 Å². The van der Waals surface area contributed by atoms with Crippen molar-refractivity contribution in [3.8, 4) is 17.1 Å². The molecule has 1 amide bonds. The molecule has 0 unspecified atom stereocenters. The number of benzene rings is 3. The summed E-state index contributed by atoms with van der Waals surface area (Å²) in [6.07, 6.45) is 0.617. The molecule has 2 heterocycles. The van der Waals surface area contributed by atoms with Gasteiger partial charge in [-0.3, -0.25) is 9.42 Å². The normalized spacial score (nSPS) is 12.4. The minimum Gasteiger partial charge on any atom is -0.692 e. The molecule has 2 aromatic heterocycles. The molecule has 0 spiro atoms. The Bertz CT molecular complexity index is 1550. The molecule has 5 aromatic rings. The van der Waals surface area contributed by atoms with E-state index in [2.05, 4.69) is 20.2 Å². The van der Waals surface area contributed by atoms with E-state index in [1.807, 2.05) is 42.5 Å². The molecule has 0 fully saturated rings. The summed E-state index contributed by atoms with van der Waals surface area (Å²) in [7, 11) is 0. The van der Waals surface area contributed by atoms with Crippen molar-refractivity contribution in [1.29, 1.82) is 0 Å². The molecular formula is C23H16N6O4. The van der Waals surface area contributed by atoms with Crippen molar-refractivity contribution in [2.24, 2.45) is 0 Å². The average molecular weight is 440 g/mol. The Morgan fingerprint density at radius 3 is 2.61 bits per heavy atom. The van der Waals surface area contributed by atoms with Gasteiger partial charge in [0.25, 0.3) is 5.91 Å². The SMILES string of the molecule is O=C(Nc1cccc2ccccc12)c1ccccc1-n1nc2c([n+]1[O-])CCc1c-2no[n+]1[O-]. The van der Waals surface area contributed by atoms with Gasteiger partial charge in [-0.25, -0.2) is 0 Å². The lowest BCUT2D eigenvalue weighted by atomic mass is 10.0. The summed E-state index contributed by atoms with van der Waals surface area (Å²) in [6.45, 7) is 0. The van der Waals surface area contributed by atoms with Crippen LogP contribution in [0.15, 0.2) is 71.4 Å². The number of nitrogens with zero attached hydrogens (tertiary/aromatic N) is 5. The lowest BCUT2D eigenvalue weighted by Gasteiger charge is -2.12. The number of rotatable bonds is 3. The standard InChI is InChI=1S/C23H16N6O4/c30-23(24-17-10-5-7-14-6-1-2-8-15(14)17)16-9-3-4-11-18(16)27-25-21-19(28(27)31)12-13-20-22(21)26-33-29(20)32/h1-11H,12-13H2,(H,24,30). The van der Waals surface area contributed by atoms with Gasteiger partial charge in [-0.05, 0) is 33.3 Å². The highest BCUT2D eigenvalue weighted by molar-refractivity contribution is 6.10. The Hall–Kier alpha value is -4.73. The van der Waals surface area contributed by atoms with E-state index in [9.17, 15) is 15.2 Å². The van der Waals surface area contributed by atoms with E-state index in [1.165, 1.54) is 0 Å². The van der Waals surface area contributed by atoms with Gasteiger partial charge in [-0.15, -0.1) is 4.85 Å². The molecule has 33 heavy (non-hydrogen) atoms. The fourth-order valence-electron chi connectivity index (χ4n) is 4.20. The van der Waals surface area contributed by atoms with Crippen LogP contribution in [0.4, 0.5) is 5.69 Å². The number of nitrogens with one attached hydrogen (secondary N) is 1. The predicted molar refractivity (Wildman–Crippen MR) is 116 cm³/mol. The highest BCUT2D eigenvalue weighted by Crippen LogP contribution is 2.28. The van der Waals surface area contributed by atoms with Crippen molar-refractivity contribution >= 4 is 22.4 Å². The van der Waals surface area contributed by atoms with Crippen LogP contribution < -0.4 is 15.1 Å². The van der Waals surface area contributed by atoms with Crippen LogP contribution in [0.1, 0.15) is 21.7 Å². The molecular weight excluding hydrogens is 424 g/mol. The van der Waals surface area contributed by atoms with Crippen LogP contribution in [0.3, 0.4) is 0 Å². The molecule has 162 valence electrons. The Morgan fingerprint density at radius 1 is 0.939 bits per heavy atom. The minimum atomic E-state index is -0.380. The van der Waals surface area contributed by atoms with Crippen LogP contribution in [0.2, 0.25) is 0 Å². The fourth-order valence-corrected chi connectivity index (χ4v) is 4.20. The molecule has 0 aliphatic heterocycles. The number of carbonyl (C=O) groups excluding carboxylic acids is 1. The van der Waals surface area contributed by atoms with Crippen molar-refractivity contribution in [3.05, 3.63) is 94.1 Å². The molecule has 0 saturated heterocycles. The number of anilines is 1. The molecule has 0 atom stereocenters. The maximum absolute atomic E-state index is 13.3. The topological polar surface area (TPSA) is 127 Å². The first-order chi connectivity index (χ1) is 16.1. The van der Waals surface area contributed by atoms with E-state index in [-0.39, 0.29) is 22.9 Å². The number of fused-ring (bicyclic) bond motifs is 4. The monoisotopic (exact) mass is 440 g/mol. The molecule has 1 aliphatic carbocycles. The van der Waals surface area contributed by atoms with Crippen LogP contribution in [0, 0.1) is 10.4 Å². The molecule has 6 rings (SSSR count). The quantitative estimate of drug-likeness (QED) is 0.339. The second-order valence-corrected chi connectivity index (χ2v) is 7.68. The third kappa shape index (κ3) is 2.92. The predicted octanol–water partition coefficient (Wildman–Crippen LogP) is 2.30. The van der Waals surface area contributed by atoms with Crippen LogP contribution in [0.5, 0.6) is 0 Å². The van der Waals surface area contributed by atoms with Crippen molar-refractivity contribution in [2.75, 3.05) is 5.32 Å². The Labute approximate surface area is 186 Å². The number of para-hydroxylation sites is 1. The first-order valence-electron chi connectivity index (χ1n) is 10.3. The van der Waals surface area contributed by atoms with Gasteiger partial charge in [-0.2, -0.15) is 0 Å². The molecule has 1 aliphatic rings. The molecule has 0 radical (unpaired) electrons. The molecule has 10 nitrogen and oxygen atoms in total. The number of amides is 1. The molecule has 10 heteroatoms. The van der Waals surface area contributed by atoms with Crippen molar-refractivity contribution < 1.29 is 19.2 Å². The number of hydrogen-bond donors (Lipinski definition) is 1. The van der Waals surface area contributed by atoms with Gasteiger partial charge in [0.2, 0.25) is 5.69 Å². The number of hydrogen-bond acceptors (Lipinski definition) is 6. The van der Waals surface area contributed by atoms with Crippen LogP contribution in [0.25, 0.3) is 27.8 Å².